The molecular weight excluding hydrogens is 440 g/mol. The van der Waals surface area contributed by atoms with Crippen LogP contribution >= 0.6 is 11.3 Å². The third-order valence-corrected chi connectivity index (χ3v) is 6.77. The molecule has 1 aromatic carbocycles. The third-order valence-electron chi connectivity index (χ3n) is 5.78. The minimum Gasteiger partial charge on any atom is -0.479 e. The maximum Gasteiger partial charge on any atom is 0.268 e. The van der Waals surface area contributed by atoms with E-state index in [0.29, 0.717) is 37.7 Å². The highest BCUT2D eigenvalue weighted by molar-refractivity contribution is 7.15. The minimum absolute atomic E-state index is 0.0295. The summed E-state index contributed by atoms with van der Waals surface area (Å²) in [6.07, 6.45) is 1.09. The van der Waals surface area contributed by atoms with Crippen molar-refractivity contribution in [3.63, 3.8) is 0 Å². The monoisotopic (exact) mass is 464 g/mol. The zero-order valence-electron chi connectivity index (χ0n) is 18.5. The number of aromatic nitrogens is 2. The fraction of sp³-hybridized carbons (Fsp3) is 0.333. The number of hydrogen-bond acceptors (Lipinski definition) is 7. The molecule has 9 heteroatoms. The molecule has 0 saturated carbocycles. The number of amides is 2. The second-order valence-corrected chi connectivity index (χ2v) is 9.20. The van der Waals surface area contributed by atoms with Gasteiger partial charge in [0.05, 0.1) is 30.3 Å². The van der Waals surface area contributed by atoms with Gasteiger partial charge in [-0.3, -0.25) is 19.5 Å². The number of nitrogens with zero attached hydrogens (tertiary/aromatic N) is 4. The van der Waals surface area contributed by atoms with Crippen LogP contribution in [0.5, 0.6) is 5.75 Å². The lowest BCUT2D eigenvalue weighted by atomic mass is 10.1. The Kier molecular flexibility index (Phi) is 5.82. The predicted octanol–water partition coefficient (Wildman–Crippen LogP) is 3.15. The lowest BCUT2D eigenvalue weighted by molar-refractivity contribution is -0.136. The van der Waals surface area contributed by atoms with E-state index < -0.39 is 6.10 Å². The van der Waals surface area contributed by atoms with Crippen molar-refractivity contribution in [3.05, 3.63) is 47.5 Å². The Morgan fingerprint density at radius 3 is 2.79 bits per heavy atom. The molecule has 170 valence electrons. The number of thiazole rings is 1. The first kappa shape index (κ1) is 21.5. The van der Waals surface area contributed by atoms with Crippen LogP contribution in [0.25, 0.3) is 22.0 Å². The lowest BCUT2D eigenvalue weighted by Gasteiger charge is -2.35. The molecule has 1 atom stereocenters. The van der Waals surface area contributed by atoms with Crippen LogP contribution in [0.2, 0.25) is 0 Å². The van der Waals surface area contributed by atoms with Crippen LogP contribution in [0.15, 0.2) is 42.6 Å². The molecule has 1 fully saturated rings. The van der Waals surface area contributed by atoms with Crippen molar-refractivity contribution in [1.82, 2.24) is 14.9 Å². The summed E-state index contributed by atoms with van der Waals surface area (Å²) >= 11 is 1.57. The predicted molar refractivity (Wildman–Crippen MR) is 125 cm³/mol. The number of carbonyl (C=O) groups excluding carboxylic acids is 2. The topological polar surface area (TPSA) is 84.9 Å². The molecule has 4 heterocycles. The first-order valence-corrected chi connectivity index (χ1v) is 11.7. The molecule has 0 bridgehead atoms. The van der Waals surface area contributed by atoms with Gasteiger partial charge in [-0.2, -0.15) is 0 Å². The van der Waals surface area contributed by atoms with Gasteiger partial charge in [-0.1, -0.05) is 6.07 Å². The van der Waals surface area contributed by atoms with Gasteiger partial charge >= 0.3 is 0 Å². The summed E-state index contributed by atoms with van der Waals surface area (Å²) in [4.78, 5) is 39.4. The Morgan fingerprint density at radius 1 is 1.21 bits per heavy atom. The average Bonchev–Trinajstić information content (AvgIpc) is 3.24. The van der Waals surface area contributed by atoms with E-state index >= 15 is 0 Å². The smallest absolute Gasteiger partial charge is 0.268 e. The number of rotatable bonds is 4. The SMILES string of the molecule is Cc1sc(-c2ccccn2)nc1-c1ccc2c(c1)N(CC(=O)N1CCOCC1)C(=O)C(C)O2. The molecule has 33 heavy (non-hydrogen) atoms. The number of hydrogen-bond donors (Lipinski definition) is 0. The maximum absolute atomic E-state index is 13.0. The van der Waals surface area contributed by atoms with Gasteiger partial charge in [-0.05, 0) is 44.2 Å². The molecule has 8 nitrogen and oxygen atoms in total. The normalized spacial score (nSPS) is 18.1. The largest absolute Gasteiger partial charge is 0.479 e. The number of pyridine rings is 1. The van der Waals surface area contributed by atoms with Gasteiger partial charge < -0.3 is 14.4 Å². The van der Waals surface area contributed by atoms with Crippen LogP contribution < -0.4 is 9.64 Å². The molecule has 2 amide bonds. The van der Waals surface area contributed by atoms with Crippen molar-refractivity contribution in [2.45, 2.75) is 20.0 Å². The van der Waals surface area contributed by atoms with Crippen LogP contribution in [0.4, 0.5) is 5.69 Å². The van der Waals surface area contributed by atoms with Gasteiger partial charge in [-0.25, -0.2) is 4.98 Å². The number of fused-ring (bicyclic) bond motifs is 1. The molecule has 2 aliphatic heterocycles. The number of morpholine rings is 1. The number of aryl methyl sites for hydroxylation is 1. The van der Waals surface area contributed by atoms with Crippen molar-refractivity contribution >= 4 is 28.8 Å². The Balaban J connectivity index is 1.48. The quantitative estimate of drug-likeness (QED) is 0.590. The number of ether oxygens (including phenoxy) is 2. The van der Waals surface area contributed by atoms with Crippen LogP contribution in [0, 0.1) is 6.92 Å². The Morgan fingerprint density at radius 2 is 2.03 bits per heavy atom. The Hall–Kier alpha value is -3.30. The number of carbonyl (C=O) groups is 2. The highest BCUT2D eigenvalue weighted by Gasteiger charge is 2.34. The van der Waals surface area contributed by atoms with Crippen LogP contribution in [0.1, 0.15) is 11.8 Å². The molecule has 1 unspecified atom stereocenters. The summed E-state index contributed by atoms with van der Waals surface area (Å²) in [5.74, 6) is 0.253. The fourth-order valence-corrected chi connectivity index (χ4v) is 4.94. The van der Waals surface area contributed by atoms with Crippen LogP contribution in [0.3, 0.4) is 0 Å². The number of benzene rings is 1. The molecule has 2 aliphatic rings. The van der Waals surface area contributed by atoms with Crippen molar-refractivity contribution in [2.75, 3.05) is 37.7 Å². The molecule has 0 radical (unpaired) electrons. The molecule has 1 saturated heterocycles. The van der Waals surface area contributed by atoms with Crippen LogP contribution in [-0.4, -0.2) is 65.6 Å². The molecular formula is C24H24N4O4S. The van der Waals surface area contributed by atoms with Gasteiger partial charge in [0.2, 0.25) is 5.91 Å². The van der Waals surface area contributed by atoms with Crippen molar-refractivity contribution in [1.29, 1.82) is 0 Å². The van der Waals surface area contributed by atoms with Gasteiger partial charge in [0.1, 0.15) is 17.3 Å². The van der Waals surface area contributed by atoms with Crippen LogP contribution in [-0.2, 0) is 14.3 Å². The first-order chi connectivity index (χ1) is 16.0. The summed E-state index contributed by atoms with van der Waals surface area (Å²) in [6.45, 7) is 5.79. The van der Waals surface area contributed by atoms with E-state index in [9.17, 15) is 9.59 Å². The van der Waals surface area contributed by atoms with Gasteiger partial charge in [-0.15, -0.1) is 11.3 Å². The molecule has 0 spiro atoms. The van der Waals surface area contributed by atoms with E-state index in [-0.39, 0.29) is 18.4 Å². The molecule has 0 aliphatic carbocycles. The summed E-state index contributed by atoms with van der Waals surface area (Å²) < 4.78 is 11.2. The second kappa shape index (κ2) is 8.92. The number of anilines is 1. The average molecular weight is 465 g/mol. The fourth-order valence-electron chi connectivity index (χ4n) is 4.03. The van der Waals surface area contributed by atoms with Gasteiger partial charge in [0.25, 0.3) is 5.91 Å². The zero-order chi connectivity index (χ0) is 22.9. The summed E-state index contributed by atoms with van der Waals surface area (Å²) in [5, 5.41) is 0.834. The van der Waals surface area contributed by atoms with Crippen molar-refractivity contribution in [2.24, 2.45) is 0 Å². The van der Waals surface area contributed by atoms with E-state index in [0.717, 1.165) is 26.8 Å². The van der Waals surface area contributed by atoms with E-state index in [1.807, 2.05) is 43.3 Å². The van der Waals surface area contributed by atoms with Gasteiger partial charge in [0, 0.05) is 29.7 Å². The highest BCUT2D eigenvalue weighted by atomic mass is 32.1. The minimum atomic E-state index is -0.655. The zero-order valence-corrected chi connectivity index (χ0v) is 19.3. The maximum atomic E-state index is 13.0. The Labute approximate surface area is 195 Å². The van der Waals surface area contributed by atoms with E-state index in [1.165, 1.54) is 4.90 Å². The molecule has 5 rings (SSSR count). The third kappa shape index (κ3) is 4.21. The molecule has 2 aromatic heterocycles. The van der Waals surface area contributed by atoms with Crippen molar-refractivity contribution < 1.29 is 19.1 Å². The first-order valence-electron chi connectivity index (χ1n) is 10.9. The Bertz CT molecular complexity index is 1190. The van der Waals surface area contributed by atoms with E-state index in [4.69, 9.17) is 14.5 Å². The summed E-state index contributed by atoms with van der Waals surface area (Å²) in [5.41, 5.74) is 3.09. The highest BCUT2D eigenvalue weighted by Crippen LogP contribution is 2.40. The summed E-state index contributed by atoms with van der Waals surface area (Å²) in [7, 11) is 0. The van der Waals surface area contributed by atoms with Crippen molar-refractivity contribution in [3.8, 4) is 27.7 Å². The van der Waals surface area contributed by atoms with E-state index in [1.54, 1.807) is 29.4 Å². The van der Waals surface area contributed by atoms with Gasteiger partial charge in [0.15, 0.2) is 6.10 Å². The standard InChI is InChI=1S/C24H24N4O4S/c1-15-24(30)28(14-21(29)27-9-11-31-12-10-27)19-13-17(6-7-20(19)32-15)22-16(2)33-23(26-22)18-5-3-4-8-25-18/h3-8,13,15H,9-12,14H2,1-2H3. The second-order valence-electron chi connectivity index (χ2n) is 8.00. The molecule has 3 aromatic rings. The molecule has 0 N–H and O–H groups in total. The summed E-state index contributed by atoms with van der Waals surface area (Å²) in [6, 6.07) is 11.4. The van der Waals surface area contributed by atoms with E-state index in [2.05, 4.69) is 4.98 Å². The lowest BCUT2D eigenvalue weighted by Crippen LogP contribution is -2.51.